The molecule has 0 bridgehead atoms. The van der Waals surface area contributed by atoms with E-state index in [2.05, 4.69) is 22.5 Å². The summed E-state index contributed by atoms with van der Waals surface area (Å²) < 4.78 is 0.485. The molecule has 5 nitrogen and oxygen atoms in total. The second kappa shape index (κ2) is 5.83. The summed E-state index contributed by atoms with van der Waals surface area (Å²) in [4.78, 5) is 9.93. The van der Waals surface area contributed by atoms with E-state index in [1.54, 1.807) is 0 Å². The van der Waals surface area contributed by atoms with Crippen molar-refractivity contribution in [1.82, 2.24) is 0 Å². The minimum atomic E-state index is -0.667. The van der Waals surface area contributed by atoms with Crippen LogP contribution in [-0.4, -0.2) is 10.0 Å². The maximum atomic E-state index is 10.6. The third-order valence-corrected chi connectivity index (χ3v) is 2.35. The van der Waals surface area contributed by atoms with Crippen LogP contribution in [0.3, 0.4) is 0 Å². The summed E-state index contributed by atoms with van der Waals surface area (Å²) in [5.74, 6) is -0.421. The van der Waals surface area contributed by atoms with Crippen molar-refractivity contribution in [3.63, 3.8) is 0 Å². The SMILES string of the molecule is C=C[C@H](N)c1cc(Br)cc([N+](=O)[O-])c1O.Cl. The average molecular weight is 310 g/mol. The van der Waals surface area contributed by atoms with E-state index in [4.69, 9.17) is 5.73 Å². The third kappa shape index (κ3) is 2.94. The molecule has 0 heterocycles. The maximum absolute atomic E-state index is 10.6. The predicted molar refractivity (Wildman–Crippen MR) is 66.8 cm³/mol. The molecule has 1 rings (SSSR count). The van der Waals surface area contributed by atoms with E-state index in [-0.39, 0.29) is 23.7 Å². The number of aromatic hydroxyl groups is 1. The summed E-state index contributed by atoms with van der Waals surface area (Å²) >= 11 is 3.11. The van der Waals surface area contributed by atoms with Crippen LogP contribution in [0.1, 0.15) is 11.6 Å². The zero-order valence-corrected chi connectivity index (χ0v) is 10.5. The maximum Gasteiger partial charge on any atom is 0.312 e. The van der Waals surface area contributed by atoms with Crippen molar-refractivity contribution >= 4 is 34.0 Å². The Hall–Kier alpha value is -1.11. The fourth-order valence-electron chi connectivity index (χ4n) is 1.13. The fourth-order valence-corrected chi connectivity index (χ4v) is 1.59. The highest BCUT2D eigenvalue weighted by atomic mass is 79.9. The number of hydrogen-bond acceptors (Lipinski definition) is 4. The van der Waals surface area contributed by atoms with Crippen LogP contribution in [0.25, 0.3) is 0 Å². The lowest BCUT2D eigenvalue weighted by molar-refractivity contribution is -0.386. The Morgan fingerprint density at radius 1 is 1.62 bits per heavy atom. The van der Waals surface area contributed by atoms with E-state index in [0.717, 1.165) is 0 Å². The van der Waals surface area contributed by atoms with Crippen LogP contribution < -0.4 is 5.73 Å². The molecule has 0 saturated heterocycles. The number of nitrogens with zero attached hydrogens (tertiary/aromatic N) is 1. The molecule has 1 atom stereocenters. The van der Waals surface area contributed by atoms with Crippen LogP contribution in [0.15, 0.2) is 29.3 Å². The normalized spacial score (nSPS) is 11.4. The molecule has 0 aromatic heterocycles. The summed E-state index contributed by atoms with van der Waals surface area (Å²) in [7, 11) is 0. The Bertz CT molecular complexity index is 425. The van der Waals surface area contributed by atoms with Gasteiger partial charge in [0, 0.05) is 16.1 Å². The van der Waals surface area contributed by atoms with Gasteiger partial charge in [0.2, 0.25) is 0 Å². The molecule has 1 aromatic rings. The van der Waals surface area contributed by atoms with Gasteiger partial charge in [-0.15, -0.1) is 19.0 Å². The lowest BCUT2D eigenvalue weighted by Gasteiger charge is -2.09. The molecule has 0 amide bonds. The molecule has 16 heavy (non-hydrogen) atoms. The van der Waals surface area contributed by atoms with Crippen molar-refractivity contribution in [2.75, 3.05) is 0 Å². The van der Waals surface area contributed by atoms with Crippen molar-refractivity contribution < 1.29 is 10.0 Å². The van der Waals surface area contributed by atoms with E-state index in [0.29, 0.717) is 4.47 Å². The van der Waals surface area contributed by atoms with Crippen molar-refractivity contribution in [3.8, 4) is 5.75 Å². The van der Waals surface area contributed by atoms with Gasteiger partial charge >= 0.3 is 5.69 Å². The molecule has 7 heteroatoms. The Balaban J connectivity index is 0.00000225. The van der Waals surface area contributed by atoms with Crippen molar-refractivity contribution in [2.45, 2.75) is 6.04 Å². The van der Waals surface area contributed by atoms with Crippen LogP contribution in [0.2, 0.25) is 0 Å². The van der Waals surface area contributed by atoms with Gasteiger partial charge in [-0.25, -0.2) is 0 Å². The zero-order valence-electron chi connectivity index (χ0n) is 8.09. The van der Waals surface area contributed by atoms with Crippen LogP contribution in [-0.2, 0) is 0 Å². The predicted octanol–water partition coefficient (Wildman–Crippen LogP) is 2.67. The van der Waals surface area contributed by atoms with Gasteiger partial charge in [0.25, 0.3) is 0 Å². The van der Waals surface area contributed by atoms with Gasteiger partial charge in [0.15, 0.2) is 5.75 Å². The number of phenolic OH excluding ortho intramolecular Hbond substituents is 1. The van der Waals surface area contributed by atoms with Crippen LogP contribution >= 0.6 is 28.3 Å². The number of phenols is 1. The van der Waals surface area contributed by atoms with Crippen molar-refractivity contribution in [2.24, 2.45) is 5.73 Å². The summed E-state index contributed by atoms with van der Waals surface area (Å²) in [6.45, 7) is 3.46. The largest absolute Gasteiger partial charge is 0.502 e. The number of hydrogen-bond donors (Lipinski definition) is 2. The first-order chi connectivity index (χ1) is 6.97. The molecule has 3 N–H and O–H groups in total. The fraction of sp³-hybridized carbons (Fsp3) is 0.111. The highest BCUT2D eigenvalue weighted by molar-refractivity contribution is 9.10. The standard InChI is InChI=1S/C9H9BrN2O3.ClH/c1-2-7(11)6-3-5(10)4-8(9(6)13)12(14)15;/h2-4,7,13H,1,11H2;1H/t7-;/m0./s1. The van der Waals surface area contributed by atoms with E-state index >= 15 is 0 Å². The molecule has 0 radical (unpaired) electrons. The Kier molecular flexibility index (Phi) is 5.43. The first-order valence-electron chi connectivity index (χ1n) is 4.02. The lowest BCUT2D eigenvalue weighted by Crippen LogP contribution is -2.07. The molecular formula is C9H10BrClN2O3. The molecule has 88 valence electrons. The molecule has 0 fully saturated rings. The highest BCUT2D eigenvalue weighted by Crippen LogP contribution is 2.36. The first kappa shape index (κ1) is 14.9. The number of nitro groups is 1. The number of rotatable bonds is 3. The van der Waals surface area contributed by atoms with E-state index in [9.17, 15) is 15.2 Å². The van der Waals surface area contributed by atoms with Crippen molar-refractivity contribution in [3.05, 3.63) is 44.9 Å². The number of nitrogens with two attached hydrogens (primary N) is 1. The van der Waals surface area contributed by atoms with Crippen LogP contribution in [0.4, 0.5) is 5.69 Å². The monoisotopic (exact) mass is 308 g/mol. The average Bonchev–Trinajstić information content (AvgIpc) is 2.19. The molecule has 0 spiro atoms. The number of halogens is 2. The summed E-state index contributed by atoms with van der Waals surface area (Å²) in [6, 6.07) is 2.10. The first-order valence-corrected chi connectivity index (χ1v) is 4.81. The van der Waals surface area contributed by atoms with Gasteiger partial charge in [-0.05, 0) is 6.07 Å². The van der Waals surface area contributed by atoms with Gasteiger partial charge in [-0.3, -0.25) is 10.1 Å². The quantitative estimate of drug-likeness (QED) is 0.510. The third-order valence-electron chi connectivity index (χ3n) is 1.89. The molecule has 0 aliphatic heterocycles. The van der Waals surface area contributed by atoms with Crippen molar-refractivity contribution in [1.29, 1.82) is 0 Å². The molecule has 0 aliphatic carbocycles. The van der Waals surface area contributed by atoms with Gasteiger partial charge in [0.1, 0.15) is 0 Å². The highest BCUT2D eigenvalue weighted by Gasteiger charge is 2.20. The van der Waals surface area contributed by atoms with Gasteiger partial charge in [0.05, 0.1) is 11.0 Å². The molecule has 0 unspecified atom stereocenters. The Morgan fingerprint density at radius 3 is 2.62 bits per heavy atom. The second-order valence-corrected chi connectivity index (χ2v) is 3.80. The van der Waals surface area contributed by atoms with Gasteiger partial charge < -0.3 is 10.8 Å². The summed E-state index contributed by atoms with van der Waals surface area (Å²) in [5.41, 5.74) is 5.50. The summed E-state index contributed by atoms with van der Waals surface area (Å²) in [6.07, 6.45) is 1.39. The van der Waals surface area contributed by atoms with Crippen LogP contribution in [0.5, 0.6) is 5.75 Å². The minimum Gasteiger partial charge on any atom is -0.502 e. The van der Waals surface area contributed by atoms with E-state index < -0.39 is 16.7 Å². The molecule has 0 saturated carbocycles. The molecule has 1 aromatic carbocycles. The number of nitro benzene ring substituents is 1. The summed E-state index contributed by atoms with van der Waals surface area (Å²) in [5, 5.41) is 20.2. The minimum absolute atomic E-state index is 0. The second-order valence-electron chi connectivity index (χ2n) is 2.88. The molecular weight excluding hydrogens is 299 g/mol. The Labute approximate surface area is 107 Å². The smallest absolute Gasteiger partial charge is 0.312 e. The van der Waals surface area contributed by atoms with Gasteiger partial charge in [-0.2, -0.15) is 0 Å². The molecule has 0 aliphatic rings. The van der Waals surface area contributed by atoms with E-state index in [1.807, 2.05) is 0 Å². The van der Waals surface area contributed by atoms with Crippen LogP contribution in [0, 0.1) is 10.1 Å². The number of benzene rings is 1. The lowest BCUT2D eigenvalue weighted by atomic mass is 10.1. The van der Waals surface area contributed by atoms with E-state index in [1.165, 1.54) is 18.2 Å². The van der Waals surface area contributed by atoms with Gasteiger partial charge in [-0.1, -0.05) is 22.0 Å². The zero-order chi connectivity index (χ0) is 11.6. The Morgan fingerprint density at radius 2 is 2.19 bits per heavy atom. The topological polar surface area (TPSA) is 89.4 Å².